The Balaban J connectivity index is 1.96. The van der Waals surface area contributed by atoms with Crippen LogP contribution in [-0.2, 0) is 6.42 Å². The molecular formula is C13H17NSe. The maximum atomic E-state index is 8.40. The Hall–Kier alpha value is -0.771. The van der Waals surface area contributed by atoms with Crippen LogP contribution in [-0.4, -0.2) is 15.0 Å². The summed E-state index contributed by atoms with van der Waals surface area (Å²) in [6, 6.07) is 10.7. The zero-order valence-corrected chi connectivity index (χ0v) is 10.7. The molecule has 2 heteroatoms. The van der Waals surface area contributed by atoms with Crippen molar-refractivity contribution in [1.29, 1.82) is 5.26 Å². The van der Waals surface area contributed by atoms with E-state index in [9.17, 15) is 0 Å². The molecule has 0 bridgehead atoms. The molecule has 0 aliphatic rings. The molecule has 80 valence electrons. The molecule has 0 aliphatic carbocycles. The number of nitrogens with zero attached hydrogens (tertiary/aromatic N) is 1. The van der Waals surface area contributed by atoms with Gasteiger partial charge in [-0.1, -0.05) is 0 Å². The van der Waals surface area contributed by atoms with E-state index in [0.717, 1.165) is 5.32 Å². The predicted molar refractivity (Wildman–Crippen MR) is 64.8 cm³/mol. The van der Waals surface area contributed by atoms with Gasteiger partial charge in [0.1, 0.15) is 0 Å². The van der Waals surface area contributed by atoms with E-state index < -0.39 is 0 Å². The number of hydrogen-bond acceptors (Lipinski definition) is 1. The molecule has 0 atom stereocenters. The molecule has 0 radical (unpaired) electrons. The summed E-state index contributed by atoms with van der Waals surface area (Å²) in [4.78, 5) is 2.25. The van der Waals surface area contributed by atoms with Gasteiger partial charge in [0.2, 0.25) is 0 Å². The molecule has 0 unspecified atom stereocenters. The molecule has 15 heavy (non-hydrogen) atoms. The fraction of sp³-hybridized carbons (Fsp3) is 0.462. The van der Waals surface area contributed by atoms with E-state index in [1.54, 1.807) is 0 Å². The Morgan fingerprint density at radius 2 is 1.73 bits per heavy atom. The molecule has 0 aromatic heterocycles. The summed E-state index contributed by atoms with van der Waals surface area (Å²) in [5, 5.41) is 9.53. The molecule has 0 aliphatic heterocycles. The maximum absolute atomic E-state index is 8.40. The van der Waals surface area contributed by atoms with Crippen LogP contribution in [0, 0.1) is 10.2 Å². The van der Waals surface area contributed by atoms with Crippen LogP contribution in [0.4, 0.5) is 0 Å². The van der Waals surface area contributed by atoms with Crippen molar-refractivity contribution in [2.75, 3.05) is 0 Å². The number of unbranched alkanes of at least 4 members (excludes halogenated alkanes) is 3. The Labute approximate surface area is 98.7 Å². The molecule has 0 fully saturated rings. The predicted octanol–water partition coefficient (Wildman–Crippen LogP) is 3.39. The Kier molecular flexibility index (Phi) is 7.00. The molecule has 0 saturated heterocycles. The first kappa shape index (κ1) is 12.3. The molecule has 0 spiro atoms. The summed E-state index contributed by atoms with van der Waals surface area (Å²) in [5.74, 6) is 0. The number of hydrogen-bond donors (Lipinski definition) is 0. The first-order valence-electron chi connectivity index (χ1n) is 5.48. The summed E-state index contributed by atoms with van der Waals surface area (Å²) in [7, 11) is 0. The van der Waals surface area contributed by atoms with E-state index in [0.29, 0.717) is 0 Å². The fourth-order valence-electron chi connectivity index (χ4n) is 1.55. The van der Waals surface area contributed by atoms with Crippen molar-refractivity contribution in [3.8, 4) is 4.97 Å². The van der Waals surface area contributed by atoms with Crippen molar-refractivity contribution < 1.29 is 0 Å². The Bertz CT molecular complexity index is 289. The molecule has 0 heterocycles. The number of aryl methyl sites for hydroxylation is 1. The van der Waals surface area contributed by atoms with Gasteiger partial charge < -0.3 is 0 Å². The minimum absolute atomic E-state index is 0.236. The zero-order valence-electron chi connectivity index (χ0n) is 8.98. The van der Waals surface area contributed by atoms with Crippen LogP contribution in [0.25, 0.3) is 0 Å². The number of benzene rings is 1. The second kappa shape index (κ2) is 8.53. The van der Waals surface area contributed by atoms with E-state index >= 15 is 0 Å². The van der Waals surface area contributed by atoms with E-state index in [2.05, 4.69) is 35.3 Å². The third-order valence-electron chi connectivity index (χ3n) is 2.37. The molecule has 1 nitrogen and oxygen atoms in total. The summed E-state index contributed by atoms with van der Waals surface area (Å²) in [5.41, 5.74) is 1.44. The van der Waals surface area contributed by atoms with Gasteiger partial charge >= 0.3 is 98.5 Å². The van der Waals surface area contributed by atoms with Gasteiger partial charge in [-0.15, -0.1) is 0 Å². The van der Waals surface area contributed by atoms with Crippen LogP contribution in [0.3, 0.4) is 0 Å². The van der Waals surface area contributed by atoms with Gasteiger partial charge in [-0.3, -0.25) is 0 Å². The number of nitriles is 1. The minimum atomic E-state index is 0.236. The molecule has 1 aromatic rings. The average molecular weight is 266 g/mol. The molecule has 0 N–H and O–H groups in total. The van der Waals surface area contributed by atoms with Crippen molar-refractivity contribution >= 4 is 15.0 Å². The van der Waals surface area contributed by atoms with Crippen molar-refractivity contribution in [3.63, 3.8) is 0 Å². The van der Waals surface area contributed by atoms with E-state index in [4.69, 9.17) is 5.26 Å². The van der Waals surface area contributed by atoms with Crippen molar-refractivity contribution in [2.45, 2.75) is 37.4 Å². The van der Waals surface area contributed by atoms with Gasteiger partial charge in [-0.2, -0.15) is 0 Å². The van der Waals surface area contributed by atoms with Crippen LogP contribution in [0.1, 0.15) is 31.2 Å². The molecular weight excluding hydrogens is 249 g/mol. The van der Waals surface area contributed by atoms with Crippen LogP contribution >= 0.6 is 0 Å². The molecule has 1 rings (SSSR count). The SMILES string of the molecule is N#C[Se]CCCCCCc1ccccc1. The van der Waals surface area contributed by atoms with Gasteiger partial charge in [0, 0.05) is 0 Å². The quantitative estimate of drug-likeness (QED) is 0.548. The van der Waals surface area contributed by atoms with Gasteiger partial charge in [0.05, 0.1) is 0 Å². The molecule has 0 saturated carbocycles. The van der Waals surface area contributed by atoms with Gasteiger partial charge in [-0.05, 0) is 0 Å². The molecule has 0 amide bonds. The van der Waals surface area contributed by atoms with Crippen molar-refractivity contribution in [2.24, 2.45) is 0 Å². The zero-order chi connectivity index (χ0) is 10.8. The van der Waals surface area contributed by atoms with E-state index in [1.165, 1.54) is 37.7 Å². The van der Waals surface area contributed by atoms with E-state index in [1.807, 2.05) is 0 Å². The second-order valence-corrected chi connectivity index (χ2v) is 5.43. The van der Waals surface area contributed by atoms with Crippen LogP contribution < -0.4 is 0 Å². The molecule has 1 aromatic carbocycles. The first-order chi connectivity index (χ1) is 7.43. The summed E-state index contributed by atoms with van der Waals surface area (Å²) in [6.45, 7) is 0. The number of rotatable bonds is 7. The Morgan fingerprint density at radius 1 is 1.00 bits per heavy atom. The van der Waals surface area contributed by atoms with E-state index in [-0.39, 0.29) is 15.0 Å². The topological polar surface area (TPSA) is 23.8 Å². The van der Waals surface area contributed by atoms with Crippen LogP contribution in [0.15, 0.2) is 30.3 Å². The third kappa shape index (κ3) is 6.33. The standard InChI is InChI=1S/C13H17NSe/c14-12-15-11-7-2-1-4-8-13-9-5-3-6-10-13/h3,5-6,9-10H,1-2,4,7-8,11H2. The van der Waals surface area contributed by atoms with Crippen molar-refractivity contribution in [3.05, 3.63) is 35.9 Å². The van der Waals surface area contributed by atoms with Gasteiger partial charge in [0.15, 0.2) is 0 Å². The van der Waals surface area contributed by atoms with Crippen LogP contribution in [0.2, 0.25) is 5.32 Å². The van der Waals surface area contributed by atoms with Crippen molar-refractivity contribution in [1.82, 2.24) is 0 Å². The summed E-state index contributed by atoms with van der Waals surface area (Å²) < 4.78 is 0. The van der Waals surface area contributed by atoms with Gasteiger partial charge in [-0.25, -0.2) is 0 Å². The summed E-state index contributed by atoms with van der Waals surface area (Å²) >= 11 is 0.236. The third-order valence-corrected chi connectivity index (χ3v) is 3.67. The average Bonchev–Trinajstić information content (AvgIpc) is 2.29. The monoisotopic (exact) mass is 267 g/mol. The normalized spacial score (nSPS) is 9.80. The van der Waals surface area contributed by atoms with Gasteiger partial charge in [0.25, 0.3) is 0 Å². The Morgan fingerprint density at radius 3 is 2.47 bits per heavy atom. The second-order valence-electron chi connectivity index (χ2n) is 3.59. The fourth-order valence-corrected chi connectivity index (χ4v) is 2.47. The van der Waals surface area contributed by atoms with Crippen LogP contribution in [0.5, 0.6) is 0 Å². The first-order valence-corrected chi connectivity index (χ1v) is 7.55. The summed E-state index contributed by atoms with van der Waals surface area (Å²) in [6.07, 6.45) is 6.31.